The molecule has 1 aromatic rings. The van der Waals surface area contributed by atoms with Crippen LogP contribution in [0.3, 0.4) is 0 Å². The van der Waals surface area contributed by atoms with E-state index in [2.05, 4.69) is 15.4 Å². The van der Waals surface area contributed by atoms with Crippen LogP contribution in [0.15, 0.2) is 24.3 Å². The third kappa shape index (κ3) is 8.77. The number of hydrogen-bond acceptors (Lipinski definition) is 7. The van der Waals surface area contributed by atoms with Gasteiger partial charge in [0.25, 0.3) is 0 Å². The molecule has 0 saturated heterocycles. The van der Waals surface area contributed by atoms with Gasteiger partial charge in [-0.25, -0.2) is 4.79 Å². The third-order valence-electron chi connectivity index (χ3n) is 5.26. The second kappa shape index (κ2) is 11.9. The molecular formula is C25H37N3O7. The van der Waals surface area contributed by atoms with E-state index in [9.17, 15) is 24.3 Å². The molecule has 0 spiro atoms. The number of benzene rings is 1. The van der Waals surface area contributed by atoms with Gasteiger partial charge in [0, 0.05) is 6.04 Å². The lowest BCUT2D eigenvalue weighted by Gasteiger charge is -2.35. The minimum absolute atomic E-state index is 0.0102. The number of rotatable bonds is 10. The zero-order valence-electron chi connectivity index (χ0n) is 21.3. The Kier molecular flexibility index (Phi) is 9.50. The molecule has 194 valence electrons. The summed E-state index contributed by atoms with van der Waals surface area (Å²) >= 11 is 0. The molecule has 10 nitrogen and oxygen atoms in total. The number of aromatic hydroxyl groups is 1. The fraction of sp³-hybridized carbons (Fsp3) is 0.600. The van der Waals surface area contributed by atoms with Gasteiger partial charge in [-0.15, -0.1) is 0 Å². The van der Waals surface area contributed by atoms with Gasteiger partial charge in [0.1, 0.15) is 30.0 Å². The van der Waals surface area contributed by atoms with Crippen LogP contribution in [-0.2, 0) is 23.9 Å². The molecule has 1 saturated carbocycles. The number of amides is 3. The molecule has 2 unspecified atom stereocenters. The summed E-state index contributed by atoms with van der Waals surface area (Å²) in [6, 6.07) is 3.76. The molecule has 3 amide bonds. The highest BCUT2D eigenvalue weighted by atomic mass is 16.6. The van der Waals surface area contributed by atoms with Gasteiger partial charge in [0.15, 0.2) is 0 Å². The van der Waals surface area contributed by atoms with Crippen molar-refractivity contribution in [1.82, 2.24) is 15.5 Å². The number of alkyl carbamates (subject to hydrolysis) is 1. The average molecular weight is 492 g/mol. The molecule has 35 heavy (non-hydrogen) atoms. The molecule has 10 heteroatoms. The van der Waals surface area contributed by atoms with Crippen molar-refractivity contribution in [1.29, 1.82) is 0 Å². The Bertz CT molecular complexity index is 905. The number of phenols is 1. The van der Waals surface area contributed by atoms with Crippen molar-refractivity contribution in [3.8, 4) is 5.75 Å². The minimum Gasteiger partial charge on any atom is -0.508 e. The summed E-state index contributed by atoms with van der Waals surface area (Å²) in [6.07, 6.45) is 1.02. The number of esters is 1. The molecule has 2 rings (SSSR count). The van der Waals surface area contributed by atoms with E-state index in [0.29, 0.717) is 24.8 Å². The standard InChI is InChI=1S/C25H37N3O7/c1-15(2)13-19(27-24(33)35-25(3,4)5)23(32)28(17-9-10-17)21(16-7-11-18(29)12-8-16)22(31)26-14-20(30)34-6/h7-8,11-12,15,17,19,21,29H,9-10,13-14H2,1-6H3,(H,26,31)(H,27,33). The highest BCUT2D eigenvalue weighted by Crippen LogP contribution is 2.36. The van der Waals surface area contributed by atoms with Crippen LogP contribution in [-0.4, -0.2) is 65.2 Å². The molecular weight excluding hydrogens is 454 g/mol. The quantitative estimate of drug-likeness (QED) is 0.428. The molecule has 1 aromatic carbocycles. The van der Waals surface area contributed by atoms with Crippen LogP contribution in [0.4, 0.5) is 4.79 Å². The van der Waals surface area contributed by atoms with Gasteiger partial charge in [-0.05, 0) is 63.6 Å². The number of carbonyl (C=O) groups excluding carboxylic acids is 4. The van der Waals surface area contributed by atoms with E-state index in [-0.39, 0.29) is 24.3 Å². The molecule has 0 aromatic heterocycles. The van der Waals surface area contributed by atoms with Gasteiger partial charge in [0.05, 0.1) is 7.11 Å². The predicted octanol–water partition coefficient (Wildman–Crippen LogP) is 2.65. The Morgan fingerprint density at radius 3 is 2.20 bits per heavy atom. The highest BCUT2D eigenvalue weighted by molar-refractivity contribution is 5.93. The minimum atomic E-state index is -1.07. The van der Waals surface area contributed by atoms with Crippen LogP contribution < -0.4 is 10.6 Å². The van der Waals surface area contributed by atoms with Gasteiger partial charge < -0.3 is 30.1 Å². The second-order valence-electron chi connectivity index (χ2n) is 10.1. The number of phenolic OH excluding ortho intramolecular Hbond substituents is 1. The number of ether oxygens (including phenoxy) is 2. The first-order valence-corrected chi connectivity index (χ1v) is 11.8. The van der Waals surface area contributed by atoms with Crippen molar-refractivity contribution < 1.29 is 33.8 Å². The normalized spacial score (nSPS) is 15.1. The molecule has 1 aliphatic carbocycles. The van der Waals surface area contributed by atoms with E-state index in [0.717, 1.165) is 0 Å². The number of carbonyl (C=O) groups is 4. The first-order chi connectivity index (χ1) is 16.3. The van der Waals surface area contributed by atoms with Crippen LogP contribution in [0.2, 0.25) is 0 Å². The first-order valence-electron chi connectivity index (χ1n) is 11.8. The van der Waals surface area contributed by atoms with Crippen LogP contribution in [0.25, 0.3) is 0 Å². The molecule has 0 radical (unpaired) electrons. The molecule has 1 aliphatic rings. The van der Waals surface area contributed by atoms with Gasteiger partial charge >= 0.3 is 12.1 Å². The summed E-state index contributed by atoms with van der Waals surface area (Å²) < 4.78 is 9.97. The lowest BCUT2D eigenvalue weighted by Crippen LogP contribution is -2.54. The number of nitrogens with one attached hydrogen (secondary N) is 2. The maximum absolute atomic E-state index is 13.9. The van der Waals surface area contributed by atoms with Crippen molar-refractivity contribution in [2.45, 2.75) is 77.6 Å². The van der Waals surface area contributed by atoms with Crippen molar-refractivity contribution in [2.24, 2.45) is 5.92 Å². The second-order valence-corrected chi connectivity index (χ2v) is 10.1. The van der Waals surface area contributed by atoms with Gasteiger partial charge in [-0.3, -0.25) is 14.4 Å². The number of hydrogen-bond donors (Lipinski definition) is 3. The largest absolute Gasteiger partial charge is 0.508 e. The molecule has 0 bridgehead atoms. The van der Waals surface area contributed by atoms with E-state index in [1.165, 1.54) is 24.1 Å². The van der Waals surface area contributed by atoms with Crippen LogP contribution in [0.1, 0.15) is 65.5 Å². The Morgan fingerprint density at radius 1 is 1.11 bits per heavy atom. The highest BCUT2D eigenvalue weighted by Gasteiger charge is 2.44. The van der Waals surface area contributed by atoms with Gasteiger partial charge in [-0.1, -0.05) is 26.0 Å². The molecule has 3 N–H and O–H groups in total. The molecule has 1 fully saturated rings. The first kappa shape index (κ1) is 27.9. The zero-order chi connectivity index (χ0) is 26.3. The monoisotopic (exact) mass is 491 g/mol. The van der Waals surface area contributed by atoms with E-state index in [1.54, 1.807) is 32.9 Å². The van der Waals surface area contributed by atoms with Gasteiger partial charge in [0.2, 0.25) is 11.8 Å². The Balaban J connectivity index is 2.41. The smallest absolute Gasteiger partial charge is 0.408 e. The predicted molar refractivity (Wildman–Crippen MR) is 128 cm³/mol. The van der Waals surface area contributed by atoms with E-state index < -0.39 is 41.6 Å². The zero-order valence-corrected chi connectivity index (χ0v) is 21.3. The molecule has 0 heterocycles. The Hall–Kier alpha value is -3.30. The summed E-state index contributed by atoms with van der Waals surface area (Å²) in [7, 11) is 1.21. The fourth-order valence-corrected chi connectivity index (χ4v) is 3.62. The Morgan fingerprint density at radius 2 is 1.71 bits per heavy atom. The molecule has 2 atom stereocenters. The van der Waals surface area contributed by atoms with E-state index >= 15 is 0 Å². The van der Waals surface area contributed by atoms with Crippen LogP contribution in [0, 0.1) is 5.92 Å². The summed E-state index contributed by atoms with van der Waals surface area (Å²) in [5, 5.41) is 14.9. The fourth-order valence-electron chi connectivity index (χ4n) is 3.62. The number of methoxy groups -OCH3 is 1. The van der Waals surface area contributed by atoms with E-state index in [4.69, 9.17) is 4.74 Å². The van der Waals surface area contributed by atoms with Crippen molar-refractivity contribution in [3.63, 3.8) is 0 Å². The topological polar surface area (TPSA) is 134 Å². The maximum atomic E-state index is 13.9. The van der Waals surface area contributed by atoms with Crippen molar-refractivity contribution in [2.75, 3.05) is 13.7 Å². The average Bonchev–Trinajstić information content (AvgIpc) is 3.58. The van der Waals surface area contributed by atoms with E-state index in [1.807, 2.05) is 13.8 Å². The summed E-state index contributed by atoms with van der Waals surface area (Å²) in [6.45, 7) is 8.69. The van der Waals surface area contributed by atoms with Crippen molar-refractivity contribution in [3.05, 3.63) is 29.8 Å². The summed E-state index contributed by atoms with van der Waals surface area (Å²) in [5.41, 5.74) is -0.278. The van der Waals surface area contributed by atoms with Crippen molar-refractivity contribution >= 4 is 23.9 Å². The lowest BCUT2D eigenvalue weighted by molar-refractivity contribution is -0.145. The third-order valence-corrected chi connectivity index (χ3v) is 5.26. The van der Waals surface area contributed by atoms with Gasteiger partial charge in [-0.2, -0.15) is 0 Å². The Labute approximate surface area is 206 Å². The lowest BCUT2D eigenvalue weighted by atomic mass is 9.99. The molecule has 0 aliphatic heterocycles. The van der Waals surface area contributed by atoms with Crippen LogP contribution >= 0.6 is 0 Å². The number of nitrogens with zero attached hydrogens (tertiary/aromatic N) is 1. The maximum Gasteiger partial charge on any atom is 0.408 e. The summed E-state index contributed by atoms with van der Waals surface area (Å²) in [4.78, 5) is 52.8. The SMILES string of the molecule is COC(=O)CNC(=O)C(c1ccc(O)cc1)N(C(=O)C(CC(C)C)NC(=O)OC(C)(C)C)C1CC1. The van der Waals surface area contributed by atoms with Crippen LogP contribution in [0.5, 0.6) is 5.75 Å². The summed E-state index contributed by atoms with van der Waals surface area (Å²) in [5.74, 6) is -1.53.